The molecule has 0 N–H and O–H groups in total. The lowest BCUT2D eigenvalue weighted by atomic mass is 9.91. The maximum atomic E-state index is 11.3. The topological polar surface area (TPSA) is 34.1 Å². The zero-order chi connectivity index (χ0) is 8.70. The van der Waals surface area contributed by atoms with Crippen molar-refractivity contribution in [1.29, 1.82) is 0 Å². The third-order valence-electron chi connectivity index (χ3n) is 2.10. The summed E-state index contributed by atoms with van der Waals surface area (Å²) >= 11 is 5.44. The molecule has 0 aromatic carbocycles. The molecule has 1 rings (SSSR count). The molecule has 0 amide bonds. The molecule has 1 aliphatic heterocycles. The van der Waals surface area contributed by atoms with E-state index < -0.39 is 9.84 Å². The molecule has 64 valence electrons. The standard InChI is InChI=1S/C7H11ClO2S/c1-7(2)3-4-11(9,10)6(7)5-8/h5H,3-4H2,1-2H3. The molecule has 0 aliphatic carbocycles. The monoisotopic (exact) mass is 194 g/mol. The average molecular weight is 195 g/mol. The van der Waals surface area contributed by atoms with Crippen molar-refractivity contribution >= 4 is 21.4 Å². The number of hydrogen-bond acceptors (Lipinski definition) is 2. The van der Waals surface area contributed by atoms with Gasteiger partial charge in [-0.1, -0.05) is 25.4 Å². The maximum absolute atomic E-state index is 11.3. The van der Waals surface area contributed by atoms with Crippen molar-refractivity contribution in [1.82, 2.24) is 0 Å². The van der Waals surface area contributed by atoms with Crippen LogP contribution in [-0.4, -0.2) is 14.2 Å². The van der Waals surface area contributed by atoms with Gasteiger partial charge in [-0.3, -0.25) is 0 Å². The van der Waals surface area contributed by atoms with Crippen LogP contribution in [0.4, 0.5) is 0 Å². The zero-order valence-electron chi connectivity index (χ0n) is 6.59. The van der Waals surface area contributed by atoms with Crippen LogP contribution in [0.25, 0.3) is 0 Å². The molecule has 11 heavy (non-hydrogen) atoms. The fourth-order valence-electron chi connectivity index (χ4n) is 1.26. The van der Waals surface area contributed by atoms with E-state index in [0.29, 0.717) is 11.3 Å². The predicted octanol–water partition coefficient (Wildman–Crippen LogP) is 1.91. The van der Waals surface area contributed by atoms with E-state index in [9.17, 15) is 8.42 Å². The second-order valence-electron chi connectivity index (χ2n) is 3.43. The number of rotatable bonds is 0. The molecule has 0 spiro atoms. The van der Waals surface area contributed by atoms with Crippen molar-refractivity contribution in [3.05, 3.63) is 10.4 Å². The van der Waals surface area contributed by atoms with Crippen molar-refractivity contribution in [2.75, 3.05) is 5.75 Å². The van der Waals surface area contributed by atoms with Crippen LogP contribution in [0.5, 0.6) is 0 Å². The van der Waals surface area contributed by atoms with Gasteiger partial charge in [0.2, 0.25) is 0 Å². The second-order valence-corrected chi connectivity index (χ2v) is 5.72. The molecule has 1 saturated heterocycles. The summed E-state index contributed by atoms with van der Waals surface area (Å²) in [5, 5.41) is 0. The first kappa shape index (κ1) is 9.07. The van der Waals surface area contributed by atoms with Gasteiger partial charge in [0.25, 0.3) is 0 Å². The summed E-state index contributed by atoms with van der Waals surface area (Å²) in [5.74, 6) is 0.235. The molecular weight excluding hydrogens is 184 g/mol. The lowest BCUT2D eigenvalue weighted by Gasteiger charge is -2.15. The van der Waals surface area contributed by atoms with Gasteiger partial charge in [0, 0.05) is 11.0 Å². The largest absolute Gasteiger partial charge is 0.224 e. The highest BCUT2D eigenvalue weighted by atomic mass is 35.5. The van der Waals surface area contributed by atoms with Crippen LogP contribution in [-0.2, 0) is 9.84 Å². The van der Waals surface area contributed by atoms with Crippen LogP contribution in [0, 0.1) is 5.41 Å². The minimum atomic E-state index is -3.02. The molecular formula is C7H11ClO2S. The second kappa shape index (κ2) is 2.49. The lowest BCUT2D eigenvalue weighted by molar-refractivity contribution is 0.472. The fourth-order valence-corrected chi connectivity index (χ4v) is 4.04. The Morgan fingerprint density at radius 3 is 2.27 bits per heavy atom. The van der Waals surface area contributed by atoms with Gasteiger partial charge in [-0.2, -0.15) is 0 Å². The average Bonchev–Trinajstić information content (AvgIpc) is 2.03. The number of halogens is 1. The highest BCUT2D eigenvalue weighted by Crippen LogP contribution is 2.41. The predicted molar refractivity (Wildman–Crippen MR) is 46.1 cm³/mol. The molecule has 0 atom stereocenters. The van der Waals surface area contributed by atoms with Crippen LogP contribution in [0.15, 0.2) is 10.4 Å². The van der Waals surface area contributed by atoms with E-state index in [-0.39, 0.29) is 11.2 Å². The fraction of sp³-hybridized carbons (Fsp3) is 0.714. The Bertz CT molecular complexity index is 288. The smallest absolute Gasteiger partial charge is 0.175 e. The SMILES string of the molecule is CC1(C)CCS(=O)(=O)C1=CCl. The Labute approximate surface area is 72.2 Å². The van der Waals surface area contributed by atoms with Crippen molar-refractivity contribution in [3.8, 4) is 0 Å². The summed E-state index contributed by atoms with van der Waals surface area (Å²) in [6.07, 6.45) is 0.674. The van der Waals surface area contributed by atoms with Gasteiger partial charge in [-0.25, -0.2) is 8.42 Å². The molecule has 1 heterocycles. The van der Waals surface area contributed by atoms with Crippen molar-refractivity contribution in [2.45, 2.75) is 20.3 Å². The third-order valence-corrected chi connectivity index (χ3v) is 4.53. The number of hydrogen-bond donors (Lipinski definition) is 0. The van der Waals surface area contributed by atoms with Gasteiger partial charge in [0.1, 0.15) is 0 Å². The molecule has 2 nitrogen and oxygen atoms in total. The summed E-state index contributed by atoms with van der Waals surface area (Å²) in [7, 11) is -3.02. The highest BCUT2D eigenvalue weighted by molar-refractivity contribution is 7.95. The maximum Gasteiger partial charge on any atom is 0.175 e. The summed E-state index contributed by atoms with van der Waals surface area (Å²) in [4.78, 5) is 0.381. The minimum absolute atomic E-state index is 0.235. The Morgan fingerprint density at radius 2 is 2.09 bits per heavy atom. The van der Waals surface area contributed by atoms with Gasteiger partial charge >= 0.3 is 0 Å². The molecule has 1 aliphatic rings. The van der Waals surface area contributed by atoms with Gasteiger partial charge < -0.3 is 0 Å². The van der Waals surface area contributed by atoms with Crippen LogP contribution in [0.2, 0.25) is 0 Å². The van der Waals surface area contributed by atoms with E-state index in [1.807, 2.05) is 13.8 Å². The molecule has 0 unspecified atom stereocenters. The summed E-state index contributed by atoms with van der Waals surface area (Å²) < 4.78 is 22.5. The van der Waals surface area contributed by atoms with E-state index >= 15 is 0 Å². The van der Waals surface area contributed by atoms with Crippen LogP contribution >= 0.6 is 11.6 Å². The first-order valence-electron chi connectivity index (χ1n) is 3.44. The first-order valence-corrected chi connectivity index (χ1v) is 5.53. The van der Waals surface area contributed by atoms with Crippen LogP contribution < -0.4 is 0 Å². The first-order chi connectivity index (χ1) is 4.90. The molecule has 4 heteroatoms. The quantitative estimate of drug-likeness (QED) is 0.591. The molecule has 0 saturated carbocycles. The van der Waals surface area contributed by atoms with Gasteiger partial charge in [0.15, 0.2) is 9.84 Å². The summed E-state index contributed by atoms with van der Waals surface area (Å²) in [5.41, 5.74) is 0.933. The van der Waals surface area contributed by atoms with E-state index in [4.69, 9.17) is 11.6 Å². The van der Waals surface area contributed by atoms with E-state index in [0.717, 1.165) is 0 Å². The van der Waals surface area contributed by atoms with Crippen molar-refractivity contribution in [2.24, 2.45) is 5.41 Å². The molecule has 0 aromatic rings. The molecule has 0 aromatic heterocycles. The van der Waals surface area contributed by atoms with Gasteiger partial charge in [-0.15, -0.1) is 0 Å². The Morgan fingerprint density at radius 1 is 1.55 bits per heavy atom. The summed E-state index contributed by atoms with van der Waals surface area (Å²) in [6.45, 7) is 3.79. The molecule has 1 fully saturated rings. The van der Waals surface area contributed by atoms with Gasteiger partial charge in [0.05, 0.1) is 10.7 Å². The highest BCUT2D eigenvalue weighted by Gasteiger charge is 2.40. The number of sulfone groups is 1. The van der Waals surface area contributed by atoms with E-state index in [1.165, 1.54) is 5.54 Å². The van der Waals surface area contributed by atoms with Crippen LogP contribution in [0.1, 0.15) is 20.3 Å². The normalized spacial score (nSPS) is 31.0. The third kappa shape index (κ3) is 1.44. The van der Waals surface area contributed by atoms with Crippen molar-refractivity contribution in [3.63, 3.8) is 0 Å². The molecule has 0 bridgehead atoms. The van der Waals surface area contributed by atoms with Crippen LogP contribution in [0.3, 0.4) is 0 Å². The Hall–Kier alpha value is -0.0200. The minimum Gasteiger partial charge on any atom is -0.224 e. The van der Waals surface area contributed by atoms with Crippen molar-refractivity contribution < 1.29 is 8.42 Å². The Balaban J connectivity index is 3.21. The van der Waals surface area contributed by atoms with E-state index in [1.54, 1.807) is 0 Å². The van der Waals surface area contributed by atoms with E-state index in [2.05, 4.69) is 0 Å². The van der Waals surface area contributed by atoms with Gasteiger partial charge in [-0.05, 0) is 6.42 Å². The number of allylic oxidation sites excluding steroid dienone is 1. The molecule has 0 radical (unpaired) electrons. The zero-order valence-corrected chi connectivity index (χ0v) is 8.17. The lowest BCUT2D eigenvalue weighted by Crippen LogP contribution is -2.09. The summed E-state index contributed by atoms with van der Waals surface area (Å²) in [6, 6.07) is 0. The Kier molecular flexibility index (Phi) is 2.05.